The number of piperidine rings is 1. The number of carbonyl (C=O) groups is 1. The Kier molecular flexibility index (Phi) is 9.44. The standard InChI is InChI=1S/C33H43FN6O6/c1-33(2,3)46-32(41)40-22-17-26(31(34)27(40)19-43-18-22)38(4)29-12-11-25(35-36-29)23-10-9-21(16-28(23)45-20-42-5)24-13-14-39(37-24)30-8-6-7-15-44-30/h9-14,16,22,26-27,30-31H,6-8,15,17-20H2,1-5H3/t22-,26+,27-,30?,31+/m0/s1. The maximum absolute atomic E-state index is 16.0. The fourth-order valence-corrected chi connectivity index (χ4v) is 6.37. The number of alkyl halides is 1. The van der Waals surface area contributed by atoms with E-state index in [-0.39, 0.29) is 25.7 Å². The lowest BCUT2D eigenvalue weighted by Gasteiger charge is -2.51. The van der Waals surface area contributed by atoms with Gasteiger partial charge in [0.1, 0.15) is 23.8 Å². The lowest BCUT2D eigenvalue weighted by atomic mass is 9.88. The van der Waals surface area contributed by atoms with Gasteiger partial charge in [-0.25, -0.2) is 13.9 Å². The van der Waals surface area contributed by atoms with Gasteiger partial charge in [-0.15, -0.1) is 10.2 Å². The molecule has 0 saturated carbocycles. The molecule has 248 valence electrons. The summed E-state index contributed by atoms with van der Waals surface area (Å²) in [5.74, 6) is 1.09. The molecule has 1 unspecified atom stereocenters. The number of hydrogen-bond acceptors (Lipinski definition) is 10. The van der Waals surface area contributed by atoms with E-state index < -0.39 is 29.9 Å². The maximum Gasteiger partial charge on any atom is 0.411 e. The van der Waals surface area contributed by atoms with E-state index in [0.717, 1.165) is 42.7 Å². The van der Waals surface area contributed by atoms with Crippen molar-refractivity contribution in [1.29, 1.82) is 0 Å². The van der Waals surface area contributed by atoms with Gasteiger partial charge in [0.05, 0.1) is 42.7 Å². The number of ether oxygens (including phenoxy) is 5. The summed E-state index contributed by atoms with van der Waals surface area (Å²) in [6.45, 7) is 6.65. The molecule has 0 spiro atoms. The molecule has 0 aliphatic carbocycles. The van der Waals surface area contributed by atoms with Gasteiger partial charge in [-0.05, 0) is 76.8 Å². The van der Waals surface area contributed by atoms with Gasteiger partial charge in [-0.1, -0.05) is 6.07 Å². The number of aromatic nitrogens is 4. The van der Waals surface area contributed by atoms with E-state index in [4.69, 9.17) is 28.8 Å². The van der Waals surface area contributed by atoms with Gasteiger partial charge in [0.15, 0.2) is 12.6 Å². The fraction of sp³-hybridized carbons (Fsp3) is 0.576. The molecule has 13 heteroatoms. The number of rotatable bonds is 8. The van der Waals surface area contributed by atoms with Crippen LogP contribution in [-0.2, 0) is 18.9 Å². The molecule has 0 radical (unpaired) electrons. The normalized spacial score (nSPS) is 24.8. The van der Waals surface area contributed by atoms with Crippen LogP contribution in [0.5, 0.6) is 5.75 Å². The quantitative estimate of drug-likeness (QED) is 0.304. The maximum atomic E-state index is 16.0. The number of halogens is 1. The Morgan fingerprint density at radius 1 is 1.11 bits per heavy atom. The summed E-state index contributed by atoms with van der Waals surface area (Å²) in [5.41, 5.74) is 2.34. The Morgan fingerprint density at radius 3 is 2.67 bits per heavy atom. The van der Waals surface area contributed by atoms with Crippen LogP contribution in [0.3, 0.4) is 0 Å². The van der Waals surface area contributed by atoms with Crippen LogP contribution in [0.2, 0.25) is 0 Å². The molecule has 3 fully saturated rings. The molecule has 6 rings (SSSR count). The summed E-state index contributed by atoms with van der Waals surface area (Å²) >= 11 is 0. The Bertz CT molecular complexity index is 1490. The second kappa shape index (κ2) is 13.5. The molecule has 46 heavy (non-hydrogen) atoms. The summed E-state index contributed by atoms with van der Waals surface area (Å²) in [6, 6.07) is 9.87. The molecule has 5 atom stereocenters. The minimum Gasteiger partial charge on any atom is -0.467 e. The zero-order valence-electron chi connectivity index (χ0n) is 27.1. The molecule has 0 N–H and O–H groups in total. The number of amides is 1. The van der Waals surface area contributed by atoms with Crippen LogP contribution in [0.1, 0.15) is 52.7 Å². The lowest BCUT2D eigenvalue weighted by Crippen LogP contribution is -2.68. The third-order valence-electron chi connectivity index (χ3n) is 8.66. The number of nitrogens with zero attached hydrogens (tertiary/aromatic N) is 6. The minimum absolute atomic E-state index is 0.0453. The van der Waals surface area contributed by atoms with E-state index in [1.165, 1.54) is 4.90 Å². The van der Waals surface area contributed by atoms with Crippen LogP contribution < -0.4 is 9.64 Å². The van der Waals surface area contributed by atoms with E-state index in [0.29, 0.717) is 30.3 Å². The zero-order valence-corrected chi connectivity index (χ0v) is 27.1. The smallest absolute Gasteiger partial charge is 0.411 e. The van der Waals surface area contributed by atoms with Crippen LogP contribution in [-0.4, -0.2) is 102 Å². The highest BCUT2D eigenvalue weighted by Gasteiger charge is 2.51. The third kappa shape index (κ3) is 6.81. The molecule has 2 bridgehead atoms. The van der Waals surface area contributed by atoms with Crippen molar-refractivity contribution < 1.29 is 32.9 Å². The largest absolute Gasteiger partial charge is 0.467 e. The Balaban J connectivity index is 1.19. The van der Waals surface area contributed by atoms with Crippen LogP contribution in [0, 0.1) is 0 Å². The molecule has 3 saturated heterocycles. The lowest BCUT2D eigenvalue weighted by molar-refractivity contribution is -0.107. The van der Waals surface area contributed by atoms with Gasteiger partial charge >= 0.3 is 6.09 Å². The van der Waals surface area contributed by atoms with Crippen molar-refractivity contribution >= 4 is 11.9 Å². The van der Waals surface area contributed by atoms with Crippen molar-refractivity contribution in [2.45, 2.75) is 82.6 Å². The monoisotopic (exact) mass is 638 g/mol. The summed E-state index contributed by atoms with van der Waals surface area (Å²) < 4.78 is 46.2. The average molecular weight is 639 g/mol. The van der Waals surface area contributed by atoms with Gasteiger partial charge < -0.3 is 28.6 Å². The molecule has 3 aliphatic heterocycles. The van der Waals surface area contributed by atoms with Crippen LogP contribution >= 0.6 is 0 Å². The highest BCUT2D eigenvalue weighted by atomic mass is 19.1. The molecule has 1 aromatic carbocycles. The van der Waals surface area contributed by atoms with Gasteiger partial charge in [0.25, 0.3) is 0 Å². The van der Waals surface area contributed by atoms with Crippen molar-refractivity contribution in [3.05, 3.63) is 42.6 Å². The Labute approximate surface area is 268 Å². The number of benzene rings is 1. The second-order valence-corrected chi connectivity index (χ2v) is 13.0. The predicted molar refractivity (Wildman–Crippen MR) is 168 cm³/mol. The van der Waals surface area contributed by atoms with Crippen LogP contribution in [0.25, 0.3) is 22.5 Å². The minimum atomic E-state index is -1.37. The molecule has 3 aliphatic rings. The first-order chi connectivity index (χ1) is 22.1. The van der Waals surface area contributed by atoms with Crippen molar-refractivity contribution in [3.8, 4) is 28.3 Å². The zero-order chi connectivity index (χ0) is 32.4. The first kappa shape index (κ1) is 32.1. The first-order valence-electron chi connectivity index (χ1n) is 15.9. The number of carbonyl (C=O) groups excluding carboxylic acids is 1. The SMILES string of the molecule is COCOc1cc(-c2ccn(C3CCCCO3)n2)ccc1-c1ccc(N(C)[C@@H]2C[C@H]3COC[C@@H]([C@@H]2F)N3C(=O)OC(C)(C)C)nn1. The predicted octanol–water partition coefficient (Wildman–Crippen LogP) is 5.24. The number of fused-ring (bicyclic) bond motifs is 2. The number of morpholine rings is 1. The van der Waals surface area contributed by atoms with E-state index >= 15 is 4.39 Å². The molecular weight excluding hydrogens is 595 g/mol. The average Bonchev–Trinajstić information content (AvgIpc) is 3.55. The Morgan fingerprint density at radius 2 is 1.96 bits per heavy atom. The van der Waals surface area contributed by atoms with E-state index in [1.807, 2.05) is 47.3 Å². The number of methoxy groups -OCH3 is 1. The second-order valence-electron chi connectivity index (χ2n) is 13.0. The molecule has 2 aromatic heterocycles. The van der Waals surface area contributed by atoms with E-state index in [2.05, 4.69) is 10.2 Å². The number of hydrogen-bond donors (Lipinski definition) is 0. The summed E-state index contributed by atoms with van der Waals surface area (Å²) in [6.07, 6.45) is 3.53. The van der Waals surface area contributed by atoms with Gasteiger partial charge in [-0.3, -0.25) is 4.90 Å². The van der Waals surface area contributed by atoms with Gasteiger partial charge in [0.2, 0.25) is 0 Å². The molecule has 3 aromatic rings. The number of anilines is 1. The summed E-state index contributed by atoms with van der Waals surface area (Å²) in [5, 5.41) is 13.7. The molecule has 1 amide bonds. The van der Waals surface area contributed by atoms with Crippen LogP contribution in [0.15, 0.2) is 42.6 Å². The van der Waals surface area contributed by atoms with Crippen molar-refractivity contribution in [3.63, 3.8) is 0 Å². The summed E-state index contributed by atoms with van der Waals surface area (Å²) in [7, 11) is 3.37. The highest BCUT2D eigenvalue weighted by molar-refractivity contribution is 5.73. The van der Waals surface area contributed by atoms with Crippen LogP contribution in [0.4, 0.5) is 15.0 Å². The third-order valence-corrected chi connectivity index (χ3v) is 8.66. The van der Waals surface area contributed by atoms with Gasteiger partial charge in [0, 0.05) is 38.1 Å². The van der Waals surface area contributed by atoms with Crippen molar-refractivity contribution in [1.82, 2.24) is 24.9 Å². The highest BCUT2D eigenvalue weighted by Crippen LogP contribution is 2.37. The van der Waals surface area contributed by atoms with E-state index in [9.17, 15) is 4.79 Å². The van der Waals surface area contributed by atoms with Crippen molar-refractivity contribution in [2.24, 2.45) is 0 Å². The van der Waals surface area contributed by atoms with E-state index in [1.54, 1.807) is 39.8 Å². The Hall–Kier alpha value is -3.81. The fourth-order valence-electron chi connectivity index (χ4n) is 6.37. The first-order valence-corrected chi connectivity index (χ1v) is 15.9. The molecule has 12 nitrogen and oxygen atoms in total. The molecule has 5 heterocycles. The van der Waals surface area contributed by atoms with Crippen molar-refractivity contribution in [2.75, 3.05) is 45.7 Å². The topological polar surface area (TPSA) is 113 Å². The van der Waals surface area contributed by atoms with Gasteiger partial charge in [-0.2, -0.15) is 5.10 Å². The summed E-state index contributed by atoms with van der Waals surface area (Å²) in [4.78, 5) is 16.3. The molecular formula is C33H43FN6O6.